The SMILES string of the molecule is CC/C=C(/Nc1cc(C(C)CC)c(C(=NC)N(C)CC(CC)COC)cn1)C(C)CC. The van der Waals surface area contributed by atoms with Crippen LogP contribution in [0.2, 0.25) is 0 Å². The van der Waals surface area contributed by atoms with Gasteiger partial charge in [-0.15, -0.1) is 0 Å². The largest absolute Gasteiger partial charge is 0.384 e. The minimum absolute atomic E-state index is 0.423. The van der Waals surface area contributed by atoms with E-state index in [2.05, 4.69) is 75.9 Å². The second-order valence-electron chi connectivity index (χ2n) is 8.63. The molecule has 0 bridgehead atoms. The highest BCUT2D eigenvalue weighted by atomic mass is 16.5. The average Bonchev–Trinajstić information content (AvgIpc) is 2.78. The number of allylic oxidation sites excluding steroid dienone is 2. The number of nitrogens with zero attached hydrogens (tertiary/aromatic N) is 3. The summed E-state index contributed by atoms with van der Waals surface area (Å²) in [6.07, 6.45) is 8.55. The summed E-state index contributed by atoms with van der Waals surface area (Å²) in [6.45, 7) is 15.1. The maximum atomic E-state index is 5.40. The van der Waals surface area contributed by atoms with Crippen LogP contribution in [0.1, 0.15) is 84.3 Å². The van der Waals surface area contributed by atoms with Gasteiger partial charge in [-0.3, -0.25) is 4.99 Å². The molecule has 1 heterocycles. The number of hydrogen-bond donors (Lipinski definition) is 1. The van der Waals surface area contributed by atoms with Crippen LogP contribution < -0.4 is 5.32 Å². The molecule has 3 atom stereocenters. The van der Waals surface area contributed by atoms with Crippen LogP contribution >= 0.6 is 0 Å². The molecule has 5 heteroatoms. The minimum Gasteiger partial charge on any atom is -0.384 e. The Bertz CT molecular complexity index is 713. The van der Waals surface area contributed by atoms with Gasteiger partial charge in [0, 0.05) is 45.2 Å². The number of methoxy groups -OCH3 is 1. The van der Waals surface area contributed by atoms with Gasteiger partial charge in [0.2, 0.25) is 0 Å². The summed E-state index contributed by atoms with van der Waals surface area (Å²) >= 11 is 0. The lowest BCUT2D eigenvalue weighted by atomic mass is 9.93. The smallest absolute Gasteiger partial charge is 0.132 e. The monoisotopic (exact) mass is 430 g/mol. The molecule has 176 valence electrons. The molecule has 1 aromatic heterocycles. The quantitative estimate of drug-likeness (QED) is 0.293. The summed E-state index contributed by atoms with van der Waals surface area (Å²) in [7, 11) is 5.77. The lowest BCUT2D eigenvalue weighted by Crippen LogP contribution is -2.34. The third kappa shape index (κ3) is 7.95. The van der Waals surface area contributed by atoms with Crippen molar-refractivity contribution in [1.82, 2.24) is 9.88 Å². The van der Waals surface area contributed by atoms with E-state index in [0.717, 1.165) is 56.1 Å². The summed E-state index contributed by atoms with van der Waals surface area (Å²) in [5.74, 6) is 3.30. The van der Waals surface area contributed by atoms with Crippen molar-refractivity contribution in [3.05, 3.63) is 35.2 Å². The van der Waals surface area contributed by atoms with Crippen LogP contribution in [-0.4, -0.2) is 50.1 Å². The topological polar surface area (TPSA) is 49.8 Å². The summed E-state index contributed by atoms with van der Waals surface area (Å²) < 4.78 is 5.40. The van der Waals surface area contributed by atoms with Crippen LogP contribution in [0.5, 0.6) is 0 Å². The zero-order valence-corrected chi connectivity index (χ0v) is 21.5. The van der Waals surface area contributed by atoms with Gasteiger partial charge in [0.05, 0.1) is 6.61 Å². The van der Waals surface area contributed by atoms with Gasteiger partial charge >= 0.3 is 0 Å². The minimum atomic E-state index is 0.423. The number of nitrogens with one attached hydrogen (secondary N) is 1. The van der Waals surface area contributed by atoms with Crippen molar-refractivity contribution in [2.75, 3.05) is 39.7 Å². The normalized spacial score (nSPS) is 15.5. The van der Waals surface area contributed by atoms with E-state index in [0.29, 0.717) is 17.8 Å². The maximum absolute atomic E-state index is 5.40. The van der Waals surface area contributed by atoms with Gasteiger partial charge in [-0.25, -0.2) is 4.98 Å². The molecule has 0 aliphatic heterocycles. The molecule has 1 N–H and O–H groups in total. The Morgan fingerprint density at radius 1 is 1.19 bits per heavy atom. The van der Waals surface area contributed by atoms with Crippen molar-refractivity contribution in [3.63, 3.8) is 0 Å². The second-order valence-corrected chi connectivity index (χ2v) is 8.63. The van der Waals surface area contributed by atoms with E-state index in [1.54, 1.807) is 7.11 Å². The van der Waals surface area contributed by atoms with Crippen molar-refractivity contribution < 1.29 is 4.74 Å². The zero-order chi connectivity index (χ0) is 23.4. The Labute approximate surface area is 191 Å². The van der Waals surface area contributed by atoms with Gasteiger partial charge in [-0.2, -0.15) is 0 Å². The van der Waals surface area contributed by atoms with E-state index in [1.165, 1.54) is 11.3 Å². The molecule has 0 spiro atoms. The Kier molecular flexibility index (Phi) is 12.5. The van der Waals surface area contributed by atoms with Gasteiger partial charge in [0.15, 0.2) is 0 Å². The molecule has 1 rings (SSSR count). The molecule has 0 aliphatic rings. The second kappa shape index (κ2) is 14.2. The fourth-order valence-electron chi connectivity index (χ4n) is 3.82. The third-order valence-electron chi connectivity index (χ3n) is 6.25. The van der Waals surface area contributed by atoms with E-state index >= 15 is 0 Å². The standard InChI is InChI=1S/C26H46N4O/c1-10-14-24(20(6)12-3)29-25-15-22(19(5)11-2)23(16-28-25)26(27-7)30(8)17-21(13-4)18-31-9/h14-16,19-21H,10-13,17-18H2,1-9H3,(H,28,29)/b24-14+,27-26?. The summed E-state index contributed by atoms with van der Waals surface area (Å²) in [6, 6.07) is 2.22. The Balaban J connectivity index is 3.29. The number of hydrogen-bond acceptors (Lipinski definition) is 4. The van der Waals surface area contributed by atoms with Crippen molar-refractivity contribution in [2.24, 2.45) is 16.8 Å². The van der Waals surface area contributed by atoms with E-state index < -0.39 is 0 Å². The van der Waals surface area contributed by atoms with Crippen LogP contribution in [0.3, 0.4) is 0 Å². The molecule has 3 unspecified atom stereocenters. The van der Waals surface area contributed by atoms with Crippen molar-refractivity contribution in [1.29, 1.82) is 0 Å². The van der Waals surface area contributed by atoms with E-state index in [4.69, 9.17) is 9.72 Å². The van der Waals surface area contributed by atoms with Gasteiger partial charge in [-0.05, 0) is 55.1 Å². The number of aliphatic imine (C=N–C) groups is 1. The van der Waals surface area contributed by atoms with Crippen LogP contribution in [-0.2, 0) is 4.74 Å². The Morgan fingerprint density at radius 2 is 1.90 bits per heavy atom. The van der Waals surface area contributed by atoms with E-state index in [9.17, 15) is 0 Å². The highest BCUT2D eigenvalue weighted by Crippen LogP contribution is 2.28. The van der Waals surface area contributed by atoms with Crippen molar-refractivity contribution >= 4 is 11.7 Å². The molecular weight excluding hydrogens is 384 g/mol. The highest BCUT2D eigenvalue weighted by molar-refractivity contribution is 6.00. The first-order valence-electron chi connectivity index (χ1n) is 12.0. The van der Waals surface area contributed by atoms with Crippen molar-refractivity contribution in [3.8, 4) is 0 Å². The predicted octanol–water partition coefficient (Wildman–Crippen LogP) is 6.33. The van der Waals surface area contributed by atoms with Crippen molar-refractivity contribution in [2.45, 2.75) is 73.1 Å². The zero-order valence-electron chi connectivity index (χ0n) is 21.5. The van der Waals surface area contributed by atoms with Crippen LogP contribution in [0.4, 0.5) is 5.82 Å². The van der Waals surface area contributed by atoms with Gasteiger partial charge < -0.3 is 15.0 Å². The van der Waals surface area contributed by atoms with Crippen LogP contribution in [0.15, 0.2) is 29.0 Å². The number of anilines is 1. The molecule has 5 nitrogen and oxygen atoms in total. The van der Waals surface area contributed by atoms with E-state index in [1.807, 2.05) is 13.2 Å². The van der Waals surface area contributed by atoms with Crippen LogP contribution in [0, 0.1) is 11.8 Å². The number of aromatic nitrogens is 1. The molecule has 0 saturated heterocycles. The first-order chi connectivity index (χ1) is 14.9. The molecule has 0 aliphatic carbocycles. The predicted molar refractivity (Wildman–Crippen MR) is 135 cm³/mol. The lowest BCUT2D eigenvalue weighted by molar-refractivity contribution is 0.139. The molecule has 0 fully saturated rings. The highest BCUT2D eigenvalue weighted by Gasteiger charge is 2.20. The first kappa shape index (κ1) is 27.2. The van der Waals surface area contributed by atoms with Crippen LogP contribution in [0.25, 0.3) is 0 Å². The molecule has 0 radical (unpaired) electrons. The number of pyridine rings is 1. The molecule has 0 amide bonds. The van der Waals surface area contributed by atoms with Gasteiger partial charge in [0.1, 0.15) is 11.7 Å². The molecular formula is C26H46N4O. The summed E-state index contributed by atoms with van der Waals surface area (Å²) in [5.41, 5.74) is 3.68. The van der Waals surface area contributed by atoms with Gasteiger partial charge in [0.25, 0.3) is 0 Å². The Morgan fingerprint density at radius 3 is 2.42 bits per heavy atom. The van der Waals surface area contributed by atoms with Gasteiger partial charge in [-0.1, -0.05) is 47.6 Å². The number of amidine groups is 1. The molecule has 0 saturated carbocycles. The molecule has 31 heavy (non-hydrogen) atoms. The molecule has 0 aromatic carbocycles. The maximum Gasteiger partial charge on any atom is 0.132 e. The van der Waals surface area contributed by atoms with E-state index in [-0.39, 0.29) is 0 Å². The Hall–Kier alpha value is -1.88. The lowest BCUT2D eigenvalue weighted by Gasteiger charge is -2.28. The first-order valence-corrected chi connectivity index (χ1v) is 12.0. The number of ether oxygens (including phenoxy) is 1. The molecule has 1 aromatic rings. The summed E-state index contributed by atoms with van der Waals surface area (Å²) in [4.78, 5) is 11.7. The average molecular weight is 431 g/mol. The number of rotatable bonds is 13. The fraction of sp³-hybridized carbons (Fsp3) is 0.692. The fourth-order valence-corrected chi connectivity index (χ4v) is 3.82. The third-order valence-corrected chi connectivity index (χ3v) is 6.25. The summed E-state index contributed by atoms with van der Waals surface area (Å²) in [5, 5.41) is 3.60.